The fraction of sp³-hybridized carbons (Fsp3) is 0.393. The molecule has 2 heterocycles. The minimum absolute atomic E-state index is 0.000614. The summed E-state index contributed by atoms with van der Waals surface area (Å²) in [6, 6.07) is 14.5. The second kappa shape index (κ2) is 10.4. The number of likely N-dealkylation sites (tertiary alicyclic amines) is 1. The summed E-state index contributed by atoms with van der Waals surface area (Å²) in [5.41, 5.74) is 3.71. The molecule has 2 aromatic carbocycles. The van der Waals surface area contributed by atoms with Crippen LogP contribution in [-0.2, 0) is 9.59 Å². The summed E-state index contributed by atoms with van der Waals surface area (Å²) < 4.78 is 11.8. The first-order valence-corrected chi connectivity index (χ1v) is 12.6. The number of carbonyl (C=O) groups excluding carboxylic acids is 3. The molecule has 8 heteroatoms. The maximum Gasteiger partial charge on any atom is 0.253 e. The monoisotopic (exact) mass is 489 g/mol. The number of hydrogen-bond donors (Lipinski definition) is 1. The van der Waals surface area contributed by atoms with E-state index in [4.69, 9.17) is 9.47 Å². The van der Waals surface area contributed by atoms with E-state index in [1.807, 2.05) is 48.2 Å². The van der Waals surface area contributed by atoms with Gasteiger partial charge in [-0.05, 0) is 50.1 Å². The van der Waals surface area contributed by atoms with Crippen molar-refractivity contribution in [2.24, 2.45) is 11.8 Å². The van der Waals surface area contributed by atoms with Gasteiger partial charge in [-0.15, -0.1) is 0 Å². The van der Waals surface area contributed by atoms with Crippen LogP contribution in [0.5, 0.6) is 11.5 Å². The van der Waals surface area contributed by atoms with Crippen molar-refractivity contribution in [3.63, 3.8) is 0 Å². The Labute approximate surface area is 210 Å². The van der Waals surface area contributed by atoms with Crippen molar-refractivity contribution in [1.82, 2.24) is 10.3 Å². The number of piperidine rings is 1. The van der Waals surface area contributed by atoms with Gasteiger partial charge >= 0.3 is 0 Å². The lowest BCUT2D eigenvalue weighted by atomic mass is 9.80. The van der Waals surface area contributed by atoms with Crippen LogP contribution in [0, 0.1) is 11.8 Å². The Morgan fingerprint density at radius 3 is 2.44 bits per heavy atom. The van der Waals surface area contributed by atoms with Gasteiger partial charge in [-0.3, -0.25) is 19.8 Å². The number of para-hydroxylation sites is 2. The number of allylic oxidation sites excluding steroid dienone is 2. The van der Waals surface area contributed by atoms with Crippen LogP contribution in [-0.4, -0.2) is 48.4 Å². The van der Waals surface area contributed by atoms with Crippen LogP contribution in [0.25, 0.3) is 0 Å². The summed E-state index contributed by atoms with van der Waals surface area (Å²) >= 11 is 0. The molecule has 2 aromatic rings. The molecule has 0 spiro atoms. The second-order valence-corrected chi connectivity index (χ2v) is 9.34. The fourth-order valence-corrected chi connectivity index (χ4v) is 5.12. The minimum atomic E-state index is -0.366. The van der Waals surface area contributed by atoms with Gasteiger partial charge in [0.1, 0.15) is 6.10 Å². The van der Waals surface area contributed by atoms with Crippen molar-refractivity contribution in [2.45, 2.75) is 38.7 Å². The molecule has 1 N–H and O–H groups in total. The third kappa shape index (κ3) is 4.80. The molecule has 3 aliphatic rings. The lowest BCUT2D eigenvalue weighted by Gasteiger charge is -2.38. The summed E-state index contributed by atoms with van der Waals surface area (Å²) in [7, 11) is 0. The number of hydrazine groups is 1. The zero-order chi connectivity index (χ0) is 25.1. The lowest BCUT2D eigenvalue weighted by molar-refractivity contribution is -0.139. The predicted octanol–water partition coefficient (Wildman–Crippen LogP) is 3.73. The quantitative estimate of drug-likeness (QED) is 0.625. The Morgan fingerprint density at radius 2 is 1.69 bits per heavy atom. The highest BCUT2D eigenvalue weighted by atomic mass is 16.5. The molecule has 3 amide bonds. The number of rotatable bonds is 6. The van der Waals surface area contributed by atoms with Crippen LogP contribution in [0.3, 0.4) is 0 Å². The van der Waals surface area contributed by atoms with Crippen molar-refractivity contribution in [3.05, 3.63) is 66.2 Å². The number of anilines is 1. The van der Waals surface area contributed by atoms with E-state index in [-0.39, 0.29) is 35.7 Å². The Hall–Kier alpha value is -3.81. The average Bonchev–Trinajstić information content (AvgIpc) is 2.92. The molecule has 2 fully saturated rings. The highest BCUT2D eigenvalue weighted by Gasteiger charge is 2.42. The fourth-order valence-electron chi connectivity index (χ4n) is 5.12. The van der Waals surface area contributed by atoms with Gasteiger partial charge in [0.25, 0.3) is 5.91 Å². The van der Waals surface area contributed by atoms with Crippen LogP contribution in [0.15, 0.2) is 60.7 Å². The Balaban J connectivity index is 1.23. The van der Waals surface area contributed by atoms with E-state index < -0.39 is 0 Å². The smallest absolute Gasteiger partial charge is 0.253 e. The van der Waals surface area contributed by atoms with E-state index in [0.29, 0.717) is 56.6 Å². The van der Waals surface area contributed by atoms with E-state index in [1.165, 1.54) is 5.01 Å². The van der Waals surface area contributed by atoms with Crippen molar-refractivity contribution in [3.8, 4) is 11.5 Å². The minimum Gasteiger partial charge on any atom is -0.490 e. The molecule has 36 heavy (non-hydrogen) atoms. The van der Waals surface area contributed by atoms with Gasteiger partial charge in [-0.1, -0.05) is 30.4 Å². The van der Waals surface area contributed by atoms with Crippen LogP contribution in [0.2, 0.25) is 0 Å². The number of fused-ring (bicyclic) bond motifs is 1. The largest absolute Gasteiger partial charge is 0.490 e. The van der Waals surface area contributed by atoms with Gasteiger partial charge in [0.15, 0.2) is 11.5 Å². The van der Waals surface area contributed by atoms with E-state index in [2.05, 4.69) is 5.43 Å². The number of benzene rings is 2. The molecule has 0 radical (unpaired) electrons. The molecular formula is C28H31N3O5. The second-order valence-electron chi connectivity index (χ2n) is 9.34. The molecular weight excluding hydrogens is 458 g/mol. The lowest BCUT2D eigenvalue weighted by Crippen LogP contribution is -2.59. The normalized spacial score (nSPS) is 22.1. The van der Waals surface area contributed by atoms with E-state index in [0.717, 1.165) is 11.5 Å². The molecule has 188 valence electrons. The van der Waals surface area contributed by atoms with E-state index in [1.54, 1.807) is 24.3 Å². The summed E-state index contributed by atoms with van der Waals surface area (Å²) in [5, 5.41) is 1.30. The number of nitrogens with zero attached hydrogens (tertiary/aromatic N) is 2. The molecule has 2 aliphatic heterocycles. The van der Waals surface area contributed by atoms with Crippen molar-refractivity contribution in [1.29, 1.82) is 0 Å². The summed E-state index contributed by atoms with van der Waals surface area (Å²) in [6.07, 6.45) is 6.46. The average molecular weight is 490 g/mol. The molecule has 0 bridgehead atoms. The summed E-state index contributed by atoms with van der Waals surface area (Å²) in [6.45, 7) is 3.65. The van der Waals surface area contributed by atoms with Gasteiger partial charge in [-0.2, -0.15) is 0 Å². The zero-order valence-electron chi connectivity index (χ0n) is 20.4. The number of ether oxygens (including phenoxy) is 2. The molecule has 0 saturated carbocycles. The number of amides is 3. The van der Waals surface area contributed by atoms with Gasteiger partial charge in [0.2, 0.25) is 11.8 Å². The van der Waals surface area contributed by atoms with Gasteiger partial charge in [0.05, 0.1) is 24.1 Å². The summed E-state index contributed by atoms with van der Waals surface area (Å²) in [5.74, 6) is 0.361. The SMILES string of the molecule is CCOc1ccccc1OC1CCN(C(=O)c2cccc(N3NC(=O)C4CC=CCC4C3=O)c2)CC1. The molecule has 2 unspecified atom stereocenters. The predicted molar refractivity (Wildman–Crippen MR) is 135 cm³/mol. The third-order valence-electron chi connectivity index (χ3n) is 7.05. The Kier molecular flexibility index (Phi) is 6.93. The van der Waals surface area contributed by atoms with Crippen molar-refractivity contribution in [2.75, 3.05) is 24.7 Å². The number of hydrogen-bond acceptors (Lipinski definition) is 5. The first-order chi connectivity index (χ1) is 17.5. The molecule has 8 nitrogen and oxygen atoms in total. The van der Waals surface area contributed by atoms with Crippen LogP contribution in [0.1, 0.15) is 43.0 Å². The Bertz CT molecular complexity index is 1170. The Morgan fingerprint density at radius 1 is 0.972 bits per heavy atom. The first-order valence-electron chi connectivity index (χ1n) is 12.6. The molecule has 2 atom stereocenters. The van der Waals surface area contributed by atoms with Crippen LogP contribution < -0.4 is 19.9 Å². The highest BCUT2D eigenvalue weighted by molar-refractivity contribution is 6.05. The molecule has 2 saturated heterocycles. The molecule has 5 rings (SSSR count). The van der Waals surface area contributed by atoms with Crippen LogP contribution >= 0.6 is 0 Å². The van der Waals surface area contributed by atoms with Crippen molar-refractivity contribution >= 4 is 23.4 Å². The van der Waals surface area contributed by atoms with Crippen LogP contribution in [0.4, 0.5) is 5.69 Å². The molecule has 0 aromatic heterocycles. The number of carbonyl (C=O) groups is 3. The van der Waals surface area contributed by atoms with Gasteiger partial charge in [-0.25, -0.2) is 5.01 Å². The van der Waals surface area contributed by atoms with Crippen molar-refractivity contribution < 1.29 is 23.9 Å². The maximum atomic E-state index is 13.3. The molecule has 1 aliphatic carbocycles. The van der Waals surface area contributed by atoms with E-state index >= 15 is 0 Å². The third-order valence-corrected chi connectivity index (χ3v) is 7.05. The van der Waals surface area contributed by atoms with Gasteiger partial charge in [0, 0.05) is 31.5 Å². The topological polar surface area (TPSA) is 88.2 Å². The summed E-state index contributed by atoms with van der Waals surface area (Å²) in [4.78, 5) is 40.8. The number of nitrogens with one attached hydrogen (secondary N) is 1. The van der Waals surface area contributed by atoms with E-state index in [9.17, 15) is 14.4 Å². The maximum absolute atomic E-state index is 13.3. The zero-order valence-corrected chi connectivity index (χ0v) is 20.4. The first kappa shape index (κ1) is 23.9. The van der Waals surface area contributed by atoms with Gasteiger partial charge < -0.3 is 14.4 Å². The highest BCUT2D eigenvalue weighted by Crippen LogP contribution is 2.33. The standard InChI is InChI=1S/C28H31N3O5/c1-2-35-24-12-5-6-13-25(24)36-21-14-16-30(17-15-21)27(33)19-8-7-9-20(18-19)31-28(34)23-11-4-3-10-22(23)26(32)29-31/h3-9,12-13,18,21-23H,2,10-11,14-17H2,1H3,(H,29,32).